The molecule has 0 aliphatic rings. The zero-order chi connectivity index (χ0) is 14.4. The van der Waals surface area contributed by atoms with Gasteiger partial charge in [0.1, 0.15) is 0 Å². The Labute approximate surface area is 126 Å². The lowest BCUT2D eigenvalue weighted by molar-refractivity contribution is 0.695. The standard InChI is InChI=1S/C17H24N2S/c1-4-19-14(2)12-16(15(19)3)13-18-10-11-20-17-8-6-5-7-9-17/h5-9,12,18H,4,10-11,13H2,1-3H3. The number of benzene rings is 1. The molecule has 0 unspecified atom stereocenters. The van der Waals surface area contributed by atoms with Crippen molar-refractivity contribution in [3.8, 4) is 0 Å². The van der Waals surface area contributed by atoms with E-state index in [0.29, 0.717) is 0 Å². The Morgan fingerprint density at radius 2 is 1.90 bits per heavy atom. The summed E-state index contributed by atoms with van der Waals surface area (Å²) < 4.78 is 2.37. The van der Waals surface area contributed by atoms with Gasteiger partial charge in [0.25, 0.3) is 0 Å². The summed E-state index contributed by atoms with van der Waals surface area (Å²) in [7, 11) is 0. The summed E-state index contributed by atoms with van der Waals surface area (Å²) in [4.78, 5) is 1.35. The van der Waals surface area contributed by atoms with E-state index in [0.717, 1.165) is 25.4 Å². The maximum absolute atomic E-state index is 3.54. The molecule has 1 heterocycles. The molecule has 1 N–H and O–H groups in total. The lowest BCUT2D eigenvalue weighted by atomic mass is 10.2. The van der Waals surface area contributed by atoms with Gasteiger partial charge in [0, 0.05) is 41.7 Å². The van der Waals surface area contributed by atoms with Crippen molar-refractivity contribution in [2.45, 2.75) is 38.8 Å². The molecular formula is C17H24N2S. The van der Waals surface area contributed by atoms with Gasteiger partial charge in [0.15, 0.2) is 0 Å². The zero-order valence-corrected chi connectivity index (χ0v) is 13.5. The minimum Gasteiger partial charge on any atom is -0.349 e. The van der Waals surface area contributed by atoms with Crippen molar-refractivity contribution in [2.24, 2.45) is 0 Å². The summed E-state index contributed by atoms with van der Waals surface area (Å²) in [5.41, 5.74) is 4.18. The fourth-order valence-electron chi connectivity index (χ4n) is 2.52. The molecule has 0 saturated carbocycles. The fourth-order valence-corrected chi connectivity index (χ4v) is 3.35. The van der Waals surface area contributed by atoms with Crippen LogP contribution in [0, 0.1) is 13.8 Å². The Hall–Kier alpha value is -1.19. The molecular weight excluding hydrogens is 264 g/mol. The molecule has 0 radical (unpaired) electrons. The van der Waals surface area contributed by atoms with Gasteiger partial charge < -0.3 is 9.88 Å². The first-order valence-corrected chi connectivity index (χ1v) is 8.25. The van der Waals surface area contributed by atoms with Crippen molar-refractivity contribution < 1.29 is 0 Å². The highest BCUT2D eigenvalue weighted by atomic mass is 32.2. The molecule has 1 aromatic heterocycles. The number of aryl methyl sites for hydroxylation is 1. The molecule has 0 amide bonds. The maximum Gasteiger partial charge on any atom is 0.0223 e. The first-order chi connectivity index (χ1) is 9.72. The maximum atomic E-state index is 3.54. The van der Waals surface area contributed by atoms with E-state index in [1.807, 2.05) is 11.8 Å². The van der Waals surface area contributed by atoms with Crippen molar-refractivity contribution in [2.75, 3.05) is 12.3 Å². The Kier molecular flexibility index (Phi) is 5.74. The molecule has 2 aromatic rings. The van der Waals surface area contributed by atoms with Crippen LogP contribution in [0.25, 0.3) is 0 Å². The van der Waals surface area contributed by atoms with Gasteiger partial charge in [-0.2, -0.15) is 0 Å². The molecule has 20 heavy (non-hydrogen) atoms. The van der Waals surface area contributed by atoms with Crippen LogP contribution in [0.15, 0.2) is 41.3 Å². The monoisotopic (exact) mass is 288 g/mol. The Morgan fingerprint density at radius 1 is 1.15 bits per heavy atom. The second-order valence-electron chi connectivity index (χ2n) is 4.98. The number of rotatable bonds is 7. The van der Waals surface area contributed by atoms with Gasteiger partial charge >= 0.3 is 0 Å². The number of hydrogen-bond acceptors (Lipinski definition) is 2. The largest absolute Gasteiger partial charge is 0.349 e. The van der Waals surface area contributed by atoms with Crippen LogP contribution >= 0.6 is 11.8 Å². The van der Waals surface area contributed by atoms with E-state index >= 15 is 0 Å². The minimum atomic E-state index is 0.967. The molecule has 0 bridgehead atoms. The highest BCUT2D eigenvalue weighted by Crippen LogP contribution is 2.17. The lowest BCUT2D eigenvalue weighted by Gasteiger charge is -2.07. The lowest BCUT2D eigenvalue weighted by Crippen LogP contribution is -2.17. The van der Waals surface area contributed by atoms with E-state index in [1.165, 1.54) is 21.8 Å². The van der Waals surface area contributed by atoms with Crippen molar-refractivity contribution in [1.29, 1.82) is 0 Å². The fraction of sp³-hybridized carbons (Fsp3) is 0.412. The van der Waals surface area contributed by atoms with Gasteiger partial charge in [0.05, 0.1) is 0 Å². The van der Waals surface area contributed by atoms with Gasteiger partial charge in [-0.15, -0.1) is 11.8 Å². The molecule has 1 aromatic carbocycles. The predicted octanol–water partition coefficient (Wildman–Crippen LogP) is 4.01. The van der Waals surface area contributed by atoms with Crippen LogP contribution < -0.4 is 5.32 Å². The third kappa shape index (κ3) is 3.90. The van der Waals surface area contributed by atoms with Crippen LogP contribution in [0.5, 0.6) is 0 Å². The number of nitrogens with zero attached hydrogens (tertiary/aromatic N) is 1. The molecule has 0 saturated heterocycles. The molecule has 108 valence electrons. The average Bonchev–Trinajstić information content (AvgIpc) is 2.74. The first-order valence-electron chi connectivity index (χ1n) is 7.26. The molecule has 0 aliphatic heterocycles. The van der Waals surface area contributed by atoms with E-state index in [1.54, 1.807) is 0 Å². The molecule has 0 atom stereocenters. The van der Waals surface area contributed by atoms with Crippen LogP contribution in [0.2, 0.25) is 0 Å². The summed E-state index contributed by atoms with van der Waals surface area (Å²) in [5, 5.41) is 3.54. The minimum absolute atomic E-state index is 0.967. The second kappa shape index (κ2) is 7.55. The number of thioether (sulfide) groups is 1. The van der Waals surface area contributed by atoms with Crippen LogP contribution in [0.1, 0.15) is 23.9 Å². The predicted molar refractivity (Wildman–Crippen MR) is 88.5 cm³/mol. The van der Waals surface area contributed by atoms with Gasteiger partial charge in [-0.3, -0.25) is 0 Å². The van der Waals surface area contributed by atoms with Gasteiger partial charge in [-0.1, -0.05) is 18.2 Å². The molecule has 2 nitrogen and oxygen atoms in total. The SMILES string of the molecule is CCn1c(C)cc(CNCCSc2ccccc2)c1C. The highest BCUT2D eigenvalue weighted by Gasteiger charge is 2.06. The van der Waals surface area contributed by atoms with Crippen molar-refractivity contribution >= 4 is 11.8 Å². The van der Waals surface area contributed by atoms with Gasteiger partial charge in [0.2, 0.25) is 0 Å². The number of aromatic nitrogens is 1. The molecule has 0 aliphatic carbocycles. The van der Waals surface area contributed by atoms with Crippen LogP contribution in [0.4, 0.5) is 0 Å². The average molecular weight is 288 g/mol. The summed E-state index contributed by atoms with van der Waals surface area (Å²) in [6.07, 6.45) is 0. The van der Waals surface area contributed by atoms with E-state index in [2.05, 4.69) is 67.1 Å². The van der Waals surface area contributed by atoms with Crippen molar-refractivity contribution in [1.82, 2.24) is 9.88 Å². The van der Waals surface area contributed by atoms with Gasteiger partial charge in [-0.05, 0) is 44.5 Å². The molecule has 0 spiro atoms. The molecule has 0 fully saturated rings. The van der Waals surface area contributed by atoms with Crippen molar-refractivity contribution in [3.63, 3.8) is 0 Å². The number of nitrogens with one attached hydrogen (secondary N) is 1. The van der Waals surface area contributed by atoms with Gasteiger partial charge in [-0.25, -0.2) is 0 Å². The summed E-state index contributed by atoms with van der Waals surface area (Å²) in [6.45, 7) is 9.66. The Bertz CT molecular complexity index is 531. The van der Waals surface area contributed by atoms with Crippen molar-refractivity contribution in [3.05, 3.63) is 53.3 Å². The quantitative estimate of drug-likeness (QED) is 0.612. The summed E-state index contributed by atoms with van der Waals surface area (Å²) >= 11 is 1.90. The third-order valence-electron chi connectivity index (χ3n) is 3.60. The summed E-state index contributed by atoms with van der Waals surface area (Å²) in [5.74, 6) is 1.11. The second-order valence-corrected chi connectivity index (χ2v) is 6.15. The molecule has 3 heteroatoms. The zero-order valence-electron chi connectivity index (χ0n) is 12.6. The van der Waals surface area contributed by atoms with E-state index in [4.69, 9.17) is 0 Å². The number of hydrogen-bond donors (Lipinski definition) is 1. The first kappa shape index (κ1) is 15.2. The Morgan fingerprint density at radius 3 is 2.55 bits per heavy atom. The highest BCUT2D eigenvalue weighted by molar-refractivity contribution is 7.99. The van der Waals surface area contributed by atoms with Crippen LogP contribution in [-0.4, -0.2) is 16.9 Å². The smallest absolute Gasteiger partial charge is 0.0223 e. The van der Waals surface area contributed by atoms with Crippen LogP contribution in [0.3, 0.4) is 0 Å². The third-order valence-corrected chi connectivity index (χ3v) is 4.61. The Balaban J connectivity index is 1.74. The normalized spacial score (nSPS) is 10.9. The topological polar surface area (TPSA) is 17.0 Å². The van der Waals surface area contributed by atoms with E-state index < -0.39 is 0 Å². The van der Waals surface area contributed by atoms with Crippen LogP contribution in [-0.2, 0) is 13.1 Å². The molecule has 2 rings (SSSR count). The van der Waals surface area contributed by atoms with E-state index in [-0.39, 0.29) is 0 Å². The summed E-state index contributed by atoms with van der Waals surface area (Å²) in [6, 6.07) is 12.9. The van der Waals surface area contributed by atoms with E-state index in [9.17, 15) is 0 Å².